The van der Waals surface area contributed by atoms with E-state index in [-0.39, 0.29) is 11.8 Å². The van der Waals surface area contributed by atoms with Gasteiger partial charge >= 0.3 is 5.97 Å². The number of nitrogens with two attached hydrogens (primary N) is 1. The molecule has 0 aromatic heterocycles. The van der Waals surface area contributed by atoms with Crippen molar-refractivity contribution in [2.75, 3.05) is 6.54 Å². The van der Waals surface area contributed by atoms with Gasteiger partial charge in [0.2, 0.25) is 0 Å². The summed E-state index contributed by atoms with van der Waals surface area (Å²) in [5.41, 5.74) is 7.16. The highest BCUT2D eigenvalue weighted by Crippen LogP contribution is 2.72. The van der Waals surface area contributed by atoms with Gasteiger partial charge in [-0.25, -0.2) is 0 Å². The Morgan fingerprint density at radius 1 is 1.50 bits per heavy atom. The summed E-state index contributed by atoms with van der Waals surface area (Å²) in [7, 11) is 0. The molecular weight excluding hydrogens is 202 g/mol. The lowest BCUT2D eigenvalue weighted by Gasteiger charge is -2.57. The van der Waals surface area contributed by atoms with E-state index in [0.29, 0.717) is 24.3 Å². The fourth-order valence-corrected chi connectivity index (χ4v) is 4.96. The van der Waals surface area contributed by atoms with Crippen LogP contribution in [0.15, 0.2) is 12.2 Å². The maximum Gasteiger partial charge on any atom is 0.303 e. The van der Waals surface area contributed by atoms with Crippen LogP contribution in [0.5, 0.6) is 0 Å². The smallest absolute Gasteiger partial charge is 0.303 e. The number of rotatable bonds is 3. The summed E-state index contributed by atoms with van der Waals surface area (Å²) in [6, 6.07) is 0. The van der Waals surface area contributed by atoms with Gasteiger partial charge in [0.1, 0.15) is 0 Å². The second-order valence-electron chi connectivity index (χ2n) is 5.84. The van der Waals surface area contributed by atoms with E-state index in [1.165, 1.54) is 12.0 Å². The van der Waals surface area contributed by atoms with Gasteiger partial charge in [0, 0.05) is 0 Å². The number of carboxylic acid groups (broad SMARTS) is 1. The normalized spacial score (nSPS) is 48.9. The minimum atomic E-state index is -0.690. The topological polar surface area (TPSA) is 63.3 Å². The maximum atomic E-state index is 11.0. The van der Waals surface area contributed by atoms with Crippen LogP contribution in [0.3, 0.4) is 0 Å². The van der Waals surface area contributed by atoms with Crippen molar-refractivity contribution in [3.05, 3.63) is 12.2 Å². The summed E-state index contributed by atoms with van der Waals surface area (Å²) >= 11 is 0. The van der Waals surface area contributed by atoms with Crippen molar-refractivity contribution in [1.82, 2.24) is 0 Å². The van der Waals surface area contributed by atoms with Crippen molar-refractivity contribution >= 4 is 5.97 Å². The van der Waals surface area contributed by atoms with Crippen LogP contribution in [0.2, 0.25) is 0 Å². The Morgan fingerprint density at radius 3 is 2.88 bits per heavy atom. The average Bonchev–Trinajstić information content (AvgIpc) is 2.73. The number of hydrogen-bond acceptors (Lipinski definition) is 2. The molecule has 3 saturated carbocycles. The average molecular weight is 221 g/mol. The molecule has 3 fully saturated rings. The summed E-state index contributed by atoms with van der Waals surface area (Å²) in [6.07, 6.45) is 3.66. The maximum absolute atomic E-state index is 11.0. The van der Waals surface area contributed by atoms with Crippen molar-refractivity contribution in [1.29, 1.82) is 0 Å². The SMILES string of the molecule is C=C1CC2[C@@H]3C1CC[C@@H]3[C@]2(CN)CC(=O)O. The first-order valence-electron chi connectivity index (χ1n) is 6.19. The summed E-state index contributed by atoms with van der Waals surface area (Å²) in [5.74, 6) is 1.78. The molecule has 3 aliphatic carbocycles. The van der Waals surface area contributed by atoms with E-state index >= 15 is 0 Å². The zero-order valence-electron chi connectivity index (χ0n) is 9.48. The highest BCUT2D eigenvalue weighted by molar-refractivity contribution is 5.68. The Labute approximate surface area is 95.7 Å². The van der Waals surface area contributed by atoms with E-state index in [1.54, 1.807) is 0 Å². The van der Waals surface area contributed by atoms with E-state index in [9.17, 15) is 4.79 Å². The summed E-state index contributed by atoms with van der Waals surface area (Å²) in [5, 5.41) is 9.08. The molecule has 0 aromatic rings. The van der Waals surface area contributed by atoms with Gasteiger partial charge in [0.15, 0.2) is 0 Å². The van der Waals surface area contributed by atoms with Gasteiger partial charge in [-0.15, -0.1) is 0 Å². The standard InChI is InChI=1S/C13H19NO2/c1-7-4-10-12-8(7)2-3-9(12)13(10,6-14)5-11(15)16/h8-10,12H,1-6,14H2,(H,15,16)/t8?,9-,10?,12+,13+/m0/s1. The molecule has 3 nitrogen and oxygen atoms in total. The Kier molecular flexibility index (Phi) is 2.00. The molecule has 0 bridgehead atoms. The van der Waals surface area contributed by atoms with Crippen LogP contribution in [-0.2, 0) is 4.79 Å². The van der Waals surface area contributed by atoms with E-state index in [0.717, 1.165) is 18.8 Å². The third kappa shape index (κ3) is 1.000. The molecule has 5 atom stereocenters. The minimum absolute atomic E-state index is 0.106. The summed E-state index contributed by atoms with van der Waals surface area (Å²) in [6.45, 7) is 4.70. The van der Waals surface area contributed by atoms with Gasteiger partial charge in [0.05, 0.1) is 6.42 Å². The molecule has 0 amide bonds. The van der Waals surface area contributed by atoms with Crippen LogP contribution < -0.4 is 5.73 Å². The summed E-state index contributed by atoms with van der Waals surface area (Å²) < 4.78 is 0. The number of carboxylic acids is 1. The monoisotopic (exact) mass is 221 g/mol. The molecule has 3 rings (SSSR count). The number of carbonyl (C=O) groups is 1. The third-order valence-corrected chi connectivity index (χ3v) is 5.53. The number of allylic oxidation sites excluding steroid dienone is 1. The quantitative estimate of drug-likeness (QED) is 0.712. The molecule has 0 spiro atoms. The highest BCUT2D eigenvalue weighted by Gasteiger charge is 2.68. The first kappa shape index (κ1) is 10.3. The van der Waals surface area contributed by atoms with Crippen molar-refractivity contribution in [3.8, 4) is 0 Å². The van der Waals surface area contributed by atoms with Gasteiger partial charge in [-0.05, 0) is 54.9 Å². The van der Waals surface area contributed by atoms with Crippen LogP contribution in [0.25, 0.3) is 0 Å². The van der Waals surface area contributed by atoms with Gasteiger partial charge in [-0.1, -0.05) is 12.2 Å². The predicted octanol–water partition coefficient (Wildman–Crippen LogP) is 1.64. The van der Waals surface area contributed by atoms with Gasteiger partial charge in [-0.3, -0.25) is 4.79 Å². The predicted molar refractivity (Wildman–Crippen MR) is 60.7 cm³/mol. The first-order chi connectivity index (χ1) is 7.60. The Bertz CT molecular complexity index is 365. The van der Waals surface area contributed by atoms with Crippen molar-refractivity contribution < 1.29 is 9.90 Å². The Hall–Kier alpha value is -0.830. The van der Waals surface area contributed by atoms with Crippen molar-refractivity contribution in [2.24, 2.45) is 34.8 Å². The minimum Gasteiger partial charge on any atom is -0.481 e. The lowest BCUT2D eigenvalue weighted by Crippen LogP contribution is -2.58. The lowest BCUT2D eigenvalue weighted by atomic mass is 9.47. The molecular formula is C13H19NO2. The second kappa shape index (κ2) is 3.10. The molecule has 2 unspecified atom stereocenters. The van der Waals surface area contributed by atoms with E-state index in [2.05, 4.69) is 6.58 Å². The summed E-state index contributed by atoms with van der Waals surface area (Å²) in [4.78, 5) is 11.0. The molecule has 3 heteroatoms. The van der Waals surface area contributed by atoms with Gasteiger partial charge in [0.25, 0.3) is 0 Å². The van der Waals surface area contributed by atoms with E-state index in [1.807, 2.05) is 0 Å². The zero-order chi connectivity index (χ0) is 11.5. The molecule has 0 aliphatic heterocycles. The Balaban J connectivity index is 1.92. The van der Waals surface area contributed by atoms with Crippen LogP contribution >= 0.6 is 0 Å². The highest BCUT2D eigenvalue weighted by atomic mass is 16.4. The molecule has 3 N–H and O–H groups in total. The third-order valence-electron chi connectivity index (χ3n) is 5.53. The van der Waals surface area contributed by atoms with E-state index < -0.39 is 5.97 Å². The zero-order valence-corrected chi connectivity index (χ0v) is 9.48. The second-order valence-corrected chi connectivity index (χ2v) is 5.84. The van der Waals surface area contributed by atoms with Crippen LogP contribution in [0.1, 0.15) is 25.7 Å². The van der Waals surface area contributed by atoms with E-state index in [4.69, 9.17) is 10.8 Å². The molecule has 3 aliphatic rings. The molecule has 0 radical (unpaired) electrons. The molecule has 88 valence electrons. The van der Waals surface area contributed by atoms with Gasteiger partial charge in [-0.2, -0.15) is 0 Å². The number of hydrogen-bond donors (Lipinski definition) is 2. The molecule has 0 aromatic carbocycles. The molecule has 0 heterocycles. The fourth-order valence-electron chi connectivity index (χ4n) is 4.96. The van der Waals surface area contributed by atoms with Crippen LogP contribution in [0, 0.1) is 29.1 Å². The van der Waals surface area contributed by atoms with Gasteiger partial charge < -0.3 is 10.8 Å². The Morgan fingerprint density at radius 2 is 2.25 bits per heavy atom. The van der Waals surface area contributed by atoms with Crippen LogP contribution in [-0.4, -0.2) is 17.6 Å². The first-order valence-corrected chi connectivity index (χ1v) is 6.19. The van der Waals surface area contributed by atoms with Crippen molar-refractivity contribution in [2.45, 2.75) is 25.7 Å². The fraction of sp³-hybridized carbons (Fsp3) is 0.769. The number of aliphatic carboxylic acids is 1. The van der Waals surface area contributed by atoms with Crippen LogP contribution in [0.4, 0.5) is 0 Å². The van der Waals surface area contributed by atoms with Crippen molar-refractivity contribution in [3.63, 3.8) is 0 Å². The lowest BCUT2D eigenvalue weighted by molar-refractivity contribution is -0.153. The molecule has 16 heavy (non-hydrogen) atoms. The molecule has 0 saturated heterocycles. The largest absolute Gasteiger partial charge is 0.481 e.